The maximum absolute atomic E-state index is 12.3. The fourth-order valence-corrected chi connectivity index (χ4v) is 4.95. The first-order valence-corrected chi connectivity index (χ1v) is 12.4. The molecular weight excluding hydrogens is 474 g/mol. The van der Waals surface area contributed by atoms with Crippen LogP contribution in [0.1, 0.15) is 19.8 Å². The number of para-hydroxylation sites is 1. The Morgan fingerprint density at radius 1 is 0.912 bits per heavy atom. The number of nitrogens with one attached hydrogen (secondary N) is 2. The van der Waals surface area contributed by atoms with E-state index < -0.39 is 10.0 Å². The quantitative estimate of drug-likeness (QED) is 0.269. The number of hydrogen-bond donors (Lipinski definition) is 2. The highest BCUT2D eigenvalue weighted by atomic mass is 35.5. The Labute approximate surface area is 206 Å². The molecule has 1 aromatic heterocycles. The molecule has 0 fully saturated rings. The van der Waals surface area contributed by atoms with Crippen LogP contribution in [-0.2, 0) is 10.0 Å². The van der Waals surface area contributed by atoms with Crippen LogP contribution < -0.4 is 19.5 Å². The molecule has 3 aromatic carbocycles. The molecule has 7 nitrogen and oxygen atoms in total. The summed E-state index contributed by atoms with van der Waals surface area (Å²) in [5, 5.41) is 5.38. The molecule has 2 N–H and O–H groups in total. The van der Waals surface area contributed by atoms with Crippen molar-refractivity contribution in [1.82, 2.24) is 4.98 Å². The van der Waals surface area contributed by atoms with Gasteiger partial charge in [0.1, 0.15) is 11.5 Å². The summed E-state index contributed by atoms with van der Waals surface area (Å²) in [6, 6.07) is 18.9. The third-order valence-corrected chi connectivity index (χ3v) is 6.76. The molecule has 180 valence electrons. The molecule has 0 saturated carbocycles. The van der Waals surface area contributed by atoms with Gasteiger partial charge in [-0.3, -0.25) is 4.72 Å². The second-order valence-electron chi connectivity index (χ2n) is 7.70. The van der Waals surface area contributed by atoms with Gasteiger partial charge < -0.3 is 14.8 Å². The lowest BCUT2D eigenvalue weighted by Crippen LogP contribution is -2.16. The fraction of sp³-hybridized carbons (Fsp3) is 0.240. The molecule has 9 heteroatoms. The summed E-state index contributed by atoms with van der Waals surface area (Å²) in [7, 11) is -0.216. The largest absolute Gasteiger partial charge is 0.497 e. The molecule has 0 aliphatic rings. The number of sulfonamides is 1. The molecule has 1 heterocycles. The molecule has 0 saturated heterocycles. The predicted molar refractivity (Wildman–Crippen MR) is 142 cm³/mol. The van der Waals surface area contributed by atoms with Gasteiger partial charge in [0.15, 0.2) is 0 Å². The lowest BCUT2D eigenvalue weighted by Gasteiger charge is -2.17. The number of nitrogens with zero attached hydrogens (tertiary/aromatic N) is 1. The highest BCUT2D eigenvalue weighted by molar-refractivity contribution is 7.92. The SMILES string of the molecule is CCCCS(=O)(=O)Nc1ccc(Nc2c3ccccc3nc3cc(OC)ccc23)c(OC)c1.Cl. The number of fused-ring (bicyclic) bond motifs is 2. The summed E-state index contributed by atoms with van der Waals surface area (Å²) in [5.41, 5.74) is 3.70. The molecule has 0 aliphatic carbocycles. The van der Waals surface area contributed by atoms with Crippen LogP contribution in [0.4, 0.5) is 17.1 Å². The van der Waals surface area contributed by atoms with E-state index in [9.17, 15) is 8.42 Å². The number of unbranched alkanes of at least 4 members (excludes halogenated alkanes) is 1. The molecule has 0 aliphatic heterocycles. The first-order valence-electron chi connectivity index (χ1n) is 10.8. The molecule has 0 bridgehead atoms. The lowest BCUT2D eigenvalue weighted by molar-refractivity contribution is 0.415. The Balaban J connectivity index is 0.00000324. The summed E-state index contributed by atoms with van der Waals surface area (Å²) >= 11 is 0. The van der Waals surface area contributed by atoms with Crippen molar-refractivity contribution in [3.63, 3.8) is 0 Å². The number of halogens is 1. The summed E-state index contributed by atoms with van der Waals surface area (Å²) in [4.78, 5) is 4.78. The number of hydrogen-bond acceptors (Lipinski definition) is 6. The van der Waals surface area contributed by atoms with Crippen LogP contribution in [0.2, 0.25) is 0 Å². The zero-order valence-electron chi connectivity index (χ0n) is 19.3. The van der Waals surface area contributed by atoms with Crippen molar-refractivity contribution in [2.24, 2.45) is 0 Å². The first kappa shape index (κ1) is 25.4. The Bertz CT molecular complexity index is 1410. The van der Waals surface area contributed by atoms with Gasteiger partial charge in [0.2, 0.25) is 10.0 Å². The third-order valence-electron chi connectivity index (χ3n) is 5.39. The molecule has 0 amide bonds. The fourth-order valence-electron chi connectivity index (χ4n) is 3.69. The Morgan fingerprint density at radius 3 is 2.41 bits per heavy atom. The number of ether oxygens (including phenoxy) is 2. The third kappa shape index (κ3) is 5.46. The summed E-state index contributed by atoms with van der Waals surface area (Å²) < 4.78 is 38.2. The number of benzene rings is 3. The van der Waals surface area contributed by atoms with Crippen LogP contribution in [0.25, 0.3) is 21.8 Å². The molecule has 0 unspecified atom stereocenters. The average molecular weight is 502 g/mol. The van der Waals surface area contributed by atoms with Gasteiger partial charge >= 0.3 is 0 Å². The van der Waals surface area contributed by atoms with Crippen molar-refractivity contribution in [3.05, 3.63) is 60.7 Å². The molecular formula is C25H28ClN3O4S. The first-order chi connectivity index (χ1) is 15.9. The number of pyridine rings is 1. The van der Waals surface area contributed by atoms with Gasteiger partial charge in [-0.25, -0.2) is 13.4 Å². The minimum absolute atomic E-state index is 0. The summed E-state index contributed by atoms with van der Waals surface area (Å²) in [6.45, 7) is 1.96. The predicted octanol–water partition coefficient (Wildman–Crippen LogP) is 6.11. The zero-order valence-corrected chi connectivity index (χ0v) is 20.9. The molecule has 0 spiro atoms. The van der Waals surface area contributed by atoms with Crippen molar-refractivity contribution >= 4 is 61.3 Å². The van der Waals surface area contributed by atoms with Crippen LogP contribution in [-0.4, -0.2) is 33.4 Å². The zero-order chi connectivity index (χ0) is 23.4. The Hall–Kier alpha value is -3.23. The maximum atomic E-state index is 12.3. The minimum Gasteiger partial charge on any atom is -0.497 e. The van der Waals surface area contributed by atoms with E-state index in [0.717, 1.165) is 39.7 Å². The number of anilines is 3. The van der Waals surface area contributed by atoms with Crippen LogP contribution in [0.3, 0.4) is 0 Å². The molecule has 0 radical (unpaired) electrons. The smallest absolute Gasteiger partial charge is 0.232 e. The van der Waals surface area contributed by atoms with E-state index in [1.165, 1.54) is 0 Å². The van der Waals surface area contributed by atoms with E-state index in [1.54, 1.807) is 32.4 Å². The summed E-state index contributed by atoms with van der Waals surface area (Å²) in [6.07, 6.45) is 1.42. The Kier molecular flexibility index (Phi) is 8.06. The standard InChI is InChI=1S/C25H27N3O4S.ClH/c1-4-5-14-33(29,30)28-17-10-13-22(24(15-17)32-3)27-25-19-8-6-7-9-21(19)26-23-16-18(31-2)11-12-20(23)25;/h6-13,15-16,28H,4-5,14H2,1-3H3,(H,26,27);1H. The monoisotopic (exact) mass is 501 g/mol. The van der Waals surface area contributed by atoms with Gasteiger partial charge in [-0.15, -0.1) is 12.4 Å². The van der Waals surface area contributed by atoms with Gasteiger partial charge in [0, 0.05) is 22.9 Å². The van der Waals surface area contributed by atoms with Crippen molar-refractivity contribution in [2.45, 2.75) is 19.8 Å². The Morgan fingerprint density at radius 2 is 1.68 bits per heavy atom. The maximum Gasteiger partial charge on any atom is 0.232 e. The highest BCUT2D eigenvalue weighted by Crippen LogP contribution is 2.38. The minimum atomic E-state index is -3.40. The molecule has 4 rings (SSSR count). The van der Waals surface area contributed by atoms with E-state index >= 15 is 0 Å². The van der Waals surface area contributed by atoms with Crippen molar-refractivity contribution in [3.8, 4) is 11.5 Å². The van der Waals surface area contributed by atoms with Gasteiger partial charge in [-0.1, -0.05) is 31.5 Å². The van der Waals surface area contributed by atoms with Crippen LogP contribution >= 0.6 is 12.4 Å². The van der Waals surface area contributed by atoms with E-state index in [-0.39, 0.29) is 18.2 Å². The molecule has 4 aromatic rings. The van der Waals surface area contributed by atoms with Crippen molar-refractivity contribution < 1.29 is 17.9 Å². The number of rotatable bonds is 9. The lowest BCUT2D eigenvalue weighted by atomic mass is 10.1. The van der Waals surface area contributed by atoms with Gasteiger partial charge in [0.25, 0.3) is 0 Å². The normalized spacial score (nSPS) is 11.1. The van der Waals surface area contributed by atoms with Crippen molar-refractivity contribution in [2.75, 3.05) is 30.0 Å². The second kappa shape index (κ2) is 10.8. The van der Waals surface area contributed by atoms with E-state index in [2.05, 4.69) is 10.0 Å². The van der Waals surface area contributed by atoms with Crippen molar-refractivity contribution in [1.29, 1.82) is 0 Å². The van der Waals surface area contributed by atoms with E-state index in [0.29, 0.717) is 23.5 Å². The topological polar surface area (TPSA) is 89.6 Å². The van der Waals surface area contributed by atoms with Crippen LogP contribution in [0.5, 0.6) is 11.5 Å². The molecule has 34 heavy (non-hydrogen) atoms. The van der Waals surface area contributed by atoms with Gasteiger partial charge in [-0.05, 0) is 36.8 Å². The van der Waals surface area contributed by atoms with Gasteiger partial charge in [0.05, 0.1) is 48.1 Å². The van der Waals surface area contributed by atoms with Crippen LogP contribution in [0.15, 0.2) is 60.7 Å². The average Bonchev–Trinajstić information content (AvgIpc) is 2.82. The second-order valence-corrected chi connectivity index (χ2v) is 9.54. The molecule has 0 atom stereocenters. The highest BCUT2D eigenvalue weighted by Gasteiger charge is 2.15. The van der Waals surface area contributed by atoms with Crippen LogP contribution in [0, 0.1) is 0 Å². The van der Waals surface area contributed by atoms with E-state index in [4.69, 9.17) is 14.5 Å². The van der Waals surface area contributed by atoms with E-state index in [1.807, 2.05) is 49.4 Å². The number of methoxy groups -OCH3 is 2. The summed E-state index contributed by atoms with van der Waals surface area (Å²) in [5.74, 6) is 1.34. The number of aromatic nitrogens is 1. The van der Waals surface area contributed by atoms with Gasteiger partial charge in [-0.2, -0.15) is 0 Å².